The lowest BCUT2D eigenvalue weighted by molar-refractivity contribution is -0.123. The molecule has 1 saturated carbocycles. The predicted molar refractivity (Wildman–Crippen MR) is 75.7 cm³/mol. The Morgan fingerprint density at radius 2 is 2.20 bits per heavy atom. The summed E-state index contributed by atoms with van der Waals surface area (Å²) in [4.78, 5) is 27.6. The number of carbonyl (C=O) groups is 2. The van der Waals surface area contributed by atoms with E-state index in [1.165, 1.54) is 0 Å². The molecule has 0 aromatic carbocycles. The first kappa shape index (κ1) is 14.5. The summed E-state index contributed by atoms with van der Waals surface area (Å²) in [7, 11) is 0. The molecule has 2 amide bonds. The quantitative estimate of drug-likeness (QED) is 0.825. The van der Waals surface area contributed by atoms with Gasteiger partial charge in [0.05, 0.1) is 11.7 Å². The average molecular weight is 275 g/mol. The maximum Gasteiger partial charge on any atom is 0.223 e. The van der Waals surface area contributed by atoms with Gasteiger partial charge >= 0.3 is 0 Å². The molecule has 20 heavy (non-hydrogen) atoms. The van der Waals surface area contributed by atoms with Crippen molar-refractivity contribution in [2.45, 2.75) is 32.7 Å². The molecule has 1 aromatic heterocycles. The van der Waals surface area contributed by atoms with Gasteiger partial charge in [-0.05, 0) is 31.4 Å². The monoisotopic (exact) mass is 275 g/mol. The Morgan fingerprint density at radius 3 is 2.80 bits per heavy atom. The number of amides is 2. The highest BCUT2D eigenvalue weighted by Gasteiger charge is 2.38. The normalized spacial score (nSPS) is 21.9. The fourth-order valence-corrected chi connectivity index (χ4v) is 2.14. The third-order valence-electron chi connectivity index (χ3n) is 3.61. The summed E-state index contributed by atoms with van der Waals surface area (Å²) >= 11 is 0. The molecular weight excluding hydrogens is 254 g/mol. The van der Waals surface area contributed by atoms with Gasteiger partial charge in [0, 0.05) is 25.1 Å². The third kappa shape index (κ3) is 4.05. The maximum absolute atomic E-state index is 11.8. The van der Waals surface area contributed by atoms with Crippen LogP contribution in [0.25, 0.3) is 0 Å². The Hall–Kier alpha value is -1.91. The van der Waals surface area contributed by atoms with Crippen LogP contribution in [0.5, 0.6) is 0 Å². The summed E-state index contributed by atoms with van der Waals surface area (Å²) < 4.78 is 0. The third-order valence-corrected chi connectivity index (χ3v) is 3.61. The van der Waals surface area contributed by atoms with Crippen LogP contribution in [0.1, 0.15) is 38.4 Å². The first-order valence-electron chi connectivity index (χ1n) is 7.06. The van der Waals surface area contributed by atoms with Crippen LogP contribution >= 0.6 is 0 Å². The van der Waals surface area contributed by atoms with Crippen molar-refractivity contribution >= 4 is 11.8 Å². The number of nitrogens with zero attached hydrogens (tertiary/aromatic N) is 1. The van der Waals surface area contributed by atoms with Crippen molar-refractivity contribution in [1.29, 1.82) is 0 Å². The summed E-state index contributed by atoms with van der Waals surface area (Å²) in [6.07, 6.45) is 2.97. The zero-order valence-corrected chi connectivity index (χ0v) is 11.9. The lowest BCUT2D eigenvalue weighted by Crippen LogP contribution is -2.33. The van der Waals surface area contributed by atoms with Gasteiger partial charge in [-0.25, -0.2) is 0 Å². The van der Waals surface area contributed by atoms with E-state index in [2.05, 4.69) is 22.5 Å². The summed E-state index contributed by atoms with van der Waals surface area (Å²) in [6.45, 7) is 4.35. The van der Waals surface area contributed by atoms with Gasteiger partial charge in [-0.1, -0.05) is 13.0 Å². The van der Waals surface area contributed by atoms with Crippen LogP contribution in [0.3, 0.4) is 0 Å². The molecule has 3 unspecified atom stereocenters. The molecule has 0 saturated heterocycles. The molecule has 0 spiro atoms. The van der Waals surface area contributed by atoms with Crippen molar-refractivity contribution in [2.75, 3.05) is 6.54 Å². The highest BCUT2D eigenvalue weighted by atomic mass is 16.2. The molecule has 0 radical (unpaired) electrons. The molecule has 2 N–H and O–H groups in total. The van der Waals surface area contributed by atoms with E-state index < -0.39 is 0 Å². The van der Waals surface area contributed by atoms with Gasteiger partial charge < -0.3 is 10.6 Å². The molecule has 5 nitrogen and oxygen atoms in total. The first-order chi connectivity index (χ1) is 9.58. The zero-order valence-electron chi connectivity index (χ0n) is 11.9. The fraction of sp³-hybridized carbons (Fsp3) is 0.533. The SMILES string of the molecule is CC(NC(=O)CCNC(=O)C1CC1C)c1ccccn1. The van der Waals surface area contributed by atoms with Gasteiger partial charge in [0.25, 0.3) is 0 Å². The molecule has 1 aromatic rings. The van der Waals surface area contributed by atoms with Crippen molar-refractivity contribution in [3.05, 3.63) is 30.1 Å². The molecule has 3 atom stereocenters. The van der Waals surface area contributed by atoms with Gasteiger partial charge in [-0.15, -0.1) is 0 Å². The number of hydrogen-bond acceptors (Lipinski definition) is 3. The highest BCUT2D eigenvalue weighted by Crippen LogP contribution is 2.37. The molecule has 1 fully saturated rings. The number of pyridine rings is 1. The second-order valence-corrected chi connectivity index (χ2v) is 5.40. The standard InChI is InChI=1S/C15H21N3O2/c1-10-9-12(10)15(20)17-8-6-14(19)18-11(2)13-5-3-4-7-16-13/h3-5,7,10-12H,6,8-9H2,1-2H3,(H,17,20)(H,18,19). The number of nitrogens with one attached hydrogen (secondary N) is 2. The first-order valence-corrected chi connectivity index (χ1v) is 7.06. The van der Waals surface area contributed by atoms with Crippen molar-refractivity contribution in [1.82, 2.24) is 15.6 Å². The van der Waals surface area contributed by atoms with Crippen molar-refractivity contribution in [3.8, 4) is 0 Å². The minimum atomic E-state index is -0.122. The number of hydrogen-bond donors (Lipinski definition) is 2. The Kier molecular flexibility index (Phi) is 4.71. The highest BCUT2D eigenvalue weighted by molar-refractivity contribution is 5.82. The average Bonchev–Trinajstić information content (AvgIpc) is 3.17. The van der Waals surface area contributed by atoms with E-state index in [0.29, 0.717) is 18.9 Å². The van der Waals surface area contributed by atoms with Crippen LogP contribution in [0.2, 0.25) is 0 Å². The van der Waals surface area contributed by atoms with Gasteiger partial charge in [0.1, 0.15) is 0 Å². The van der Waals surface area contributed by atoms with Crippen LogP contribution in [-0.2, 0) is 9.59 Å². The molecule has 108 valence electrons. The van der Waals surface area contributed by atoms with Gasteiger partial charge in [-0.3, -0.25) is 14.6 Å². The predicted octanol–water partition coefficient (Wildman–Crippen LogP) is 1.42. The second kappa shape index (κ2) is 6.50. The summed E-state index contributed by atoms with van der Waals surface area (Å²) in [5.41, 5.74) is 0.830. The topological polar surface area (TPSA) is 71.1 Å². The zero-order chi connectivity index (χ0) is 14.5. The second-order valence-electron chi connectivity index (χ2n) is 5.40. The summed E-state index contributed by atoms with van der Waals surface area (Å²) in [5, 5.41) is 5.67. The van der Waals surface area contributed by atoms with E-state index in [-0.39, 0.29) is 23.8 Å². The number of carbonyl (C=O) groups excluding carboxylic acids is 2. The Bertz CT molecular complexity index is 475. The minimum Gasteiger partial charge on any atom is -0.355 e. The van der Waals surface area contributed by atoms with Crippen LogP contribution in [0, 0.1) is 11.8 Å². The molecule has 1 heterocycles. The number of rotatable bonds is 6. The molecule has 0 aliphatic heterocycles. The largest absolute Gasteiger partial charge is 0.355 e. The van der Waals surface area contributed by atoms with E-state index in [1.54, 1.807) is 6.20 Å². The van der Waals surface area contributed by atoms with Crippen molar-refractivity contribution in [3.63, 3.8) is 0 Å². The van der Waals surface area contributed by atoms with Crippen molar-refractivity contribution < 1.29 is 9.59 Å². The number of aromatic nitrogens is 1. The Balaban J connectivity index is 1.66. The Morgan fingerprint density at radius 1 is 1.45 bits per heavy atom. The summed E-state index contributed by atoms with van der Waals surface area (Å²) in [6, 6.07) is 5.48. The fourth-order valence-electron chi connectivity index (χ4n) is 2.14. The van der Waals surface area contributed by atoms with Gasteiger partial charge in [-0.2, -0.15) is 0 Å². The molecule has 5 heteroatoms. The minimum absolute atomic E-state index is 0.0723. The summed E-state index contributed by atoms with van der Waals surface area (Å²) in [5.74, 6) is 0.647. The lowest BCUT2D eigenvalue weighted by Gasteiger charge is -2.13. The van der Waals surface area contributed by atoms with Crippen LogP contribution in [0.4, 0.5) is 0 Å². The lowest BCUT2D eigenvalue weighted by atomic mass is 10.2. The maximum atomic E-state index is 11.8. The molecule has 2 rings (SSSR count). The van der Waals surface area contributed by atoms with Gasteiger partial charge in [0.15, 0.2) is 0 Å². The van der Waals surface area contributed by atoms with Gasteiger partial charge in [0.2, 0.25) is 11.8 Å². The van der Waals surface area contributed by atoms with Crippen LogP contribution in [0.15, 0.2) is 24.4 Å². The molecule has 1 aliphatic rings. The van der Waals surface area contributed by atoms with E-state index in [9.17, 15) is 9.59 Å². The molecule has 1 aliphatic carbocycles. The van der Waals surface area contributed by atoms with E-state index >= 15 is 0 Å². The van der Waals surface area contributed by atoms with E-state index in [1.807, 2.05) is 25.1 Å². The van der Waals surface area contributed by atoms with E-state index in [4.69, 9.17) is 0 Å². The molecule has 0 bridgehead atoms. The Labute approximate surface area is 119 Å². The van der Waals surface area contributed by atoms with E-state index in [0.717, 1.165) is 12.1 Å². The smallest absolute Gasteiger partial charge is 0.223 e. The van der Waals surface area contributed by atoms with Crippen molar-refractivity contribution in [2.24, 2.45) is 11.8 Å². The molecular formula is C15H21N3O2. The van der Waals surface area contributed by atoms with Crippen LogP contribution < -0.4 is 10.6 Å². The van der Waals surface area contributed by atoms with Crippen LogP contribution in [-0.4, -0.2) is 23.3 Å².